The first kappa shape index (κ1) is 15.7. The summed E-state index contributed by atoms with van der Waals surface area (Å²) in [5, 5.41) is 3.41. The van der Waals surface area contributed by atoms with Crippen LogP contribution in [0.15, 0.2) is 40.9 Å². The molecule has 0 saturated heterocycles. The van der Waals surface area contributed by atoms with Gasteiger partial charge in [-0.1, -0.05) is 19.1 Å². The number of benzene rings is 2. The molecule has 4 heteroatoms. The minimum Gasteiger partial charge on any atom is -0.493 e. The van der Waals surface area contributed by atoms with Gasteiger partial charge in [0.2, 0.25) is 0 Å². The molecule has 0 amide bonds. The Balaban J connectivity index is 2.10. The van der Waals surface area contributed by atoms with E-state index in [0.29, 0.717) is 5.75 Å². The highest BCUT2D eigenvalue weighted by Crippen LogP contribution is 2.36. The normalized spacial score (nSPS) is 10.3. The zero-order valence-corrected chi connectivity index (χ0v) is 14.2. The van der Waals surface area contributed by atoms with E-state index in [1.54, 1.807) is 14.2 Å². The Morgan fingerprint density at radius 3 is 2.29 bits per heavy atom. The SMILES string of the molecule is CCc1ccc(NCc2cc(Br)c(OC)c(OC)c2)cc1. The van der Waals surface area contributed by atoms with Crippen molar-refractivity contribution in [1.82, 2.24) is 0 Å². The highest BCUT2D eigenvalue weighted by atomic mass is 79.9. The van der Waals surface area contributed by atoms with Crippen LogP contribution in [-0.2, 0) is 13.0 Å². The van der Waals surface area contributed by atoms with Gasteiger partial charge in [-0.05, 0) is 57.7 Å². The van der Waals surface area contributed by atoms with Gasteiger partial charge in [0.1, 0.15) is 0 Å². The number of rotatable bonds is 6. The minimum absolute atomic E-state index is 0.716. The molecule has 21 heavy (non-hydrogen) atoms. The molecular weight excluding hydrogens is 330 g/mol. The summed E-state index contributed by atoms with van der Waals surface area (Å²) in [4.78, 5) is 0. The van der Waals surface area contributed by atoms with Crippen molar-refractivity contribution in [3.63, 3.8) is 0 Å². The van der Waals surface area contributed by atoms with Crippen molar-refractivity contribution in [1.29, 1.82) is 0 Å². The molecule has 3 nitrogen and oxygen atoms in total. The Hall–Kier alpha value is -1.68. The second kappa shape index (κ2) is 7.36. The van der Waals surface area contributed by atoms with Gasteiger partial charge in [-0.15, -0.1) is 0 Å². The van der Waals surface area contributed by atoms with Crippen molar-refractivity contribution in [3.05, 3.63) is 52.0 Å². The van der Waals surface area contributed by atoms with Crippen molar-refractivity contribution < 1.29 is 9.47 Å². The fourth-order valence-corrected chi connectivity index (χ4v) is 2.79. The lowest BCUT2D eigenvalue weighted by atomic mass is 10.1. The Morgan fingerprint density at radius 2 is 1.71 bits per heavy atom. The molecule has 2 rings (SSSR count). The van der Waals surface area contributed by atoms with Crippen LogP contribution in [0.3, 0.4) is 0 Å². The van der Waals surface area contributed by atoms with Gasteiger partial charge in [-0.25, -0.2) is 0 Å². The molecule has 0 aliphatic rings. The van der Waals surface area contributed by atoms with E-state index >= 15 is 0 Å². The predicted molar refractivity (Wildman–Crippen MR) is 90.4 cm³/mol. The largest absolute Gasteiger partial charge is 0.493 e. The van der Waals surface area contributed by atoms with E-state index in [1.165, 1.54) is 5.56 Å². The smallest absolute Gasteiger partial charge is 0.174 e. The van der Waals surface area contributed by atoms with Crippen LogP contribution in [0.4, 0.5) is 5.69 Å². The quantitative estimate of drug-likeness (QED) is 0.823. The molecule has 2 aromatic carbocycles. The van der Waals surface area contributed by atoms with E-state index < -0.39 is 0 Å². The Labute approximate surface area is 134 Å². The number of methoxy groups -OCH3 is 2. The molecule has 0 aliphatic carbocycles. The van der Waals surface area contributed by atoms with Crippen LogP contribution < -0.4 is 14.8 Å². The molecule has 0 heterocycles. The van der Waals surface area contributed by atoms with Gasteiger partial charge in [0.05, 0.1) is 18.7 Å². The molecule has 112 valence electrons. The van der Waals surface area contributed by atoms with E-state index in [-0.39, 0.29) is 0 Å². The average molecular weight is 350 g/mol. The zero-order valence-electron chi connectivity index (χ0n) is 12.6. The van der Waals surface area contributed by atoms with E-state index in [9.17, 15) is 0 Å². The number of nitrogens with one attached hydrogen (secondary N) is 1. The lowest BCUT2D eigenvalue weighted by Gasteiger charge is -2.13. The molecular formula is C17H20BrNO2. The molecule has 0 spiro atoms. The average Bonchev–Trinajstić information content (AvgIpc) is 2.52. The van der Waals surface area contributed by atoms with E-state index in [0.717, 1.165) is 34.4 Å². The Kier molecular flexibility index (Phi) is 5.51. The number of hydrogen-bond donors (Lipinski definition) is 1. The van der Waals surface area contributed by atoms with Crippen LogP contribution in [0.2, 0.25) is 0 Å². The Bertz CT molecular complexity index is 596. The molecule has 0 atom stereocenters. The van der Waals surface area contributed by atoms with E-state index in [2.05, 4.69) is 52.4 Å². The Morgan fingerprint density at radius 1 is 1.00 bits per heavy atom. The van der Waals surface area contributed by atoms with Crippen molar-refractivity contribution in [3.8, 4) is 11.5 Å². The van der Waals surface area contributed by atoms with Crippen molar-refractivity contribution in [2.75, 3.05) is 19.5 Å². The number of halogens is 1. The van der Waals surface area contributed by atoms with Crippen LogP contribution in [-0.4, -0.2) is 14.2 Å². The topological polar surface area (TPSA) is 30.5 Å². The van der Waals surface area contributed by atoms with Crippen molar-refractivity contribution >= 4 is 21.6 Å². The van der Waals surface area contributed by atoms with Crippen LogP contribution in [0, 0.1) is 0 Å². The highest BCUT2D eigenvalue weighted by Gasteiger charge is 2.10. The molecule has 0 bridgehead atoms. The van der Waals surface area contributed by atoms with Crippen molar-refractivity contribution in [2.45, 2.75) is 19.9 Å². The lowest BCUT2D eigenvalue weighted by molar-refractivity contribution is 0.352. The van der Waals surface area contributed by atoms with Gasteiger partial charge in [0, 0.05) is 12.2 Å². The zero-order chi connectivity index (χ0) is 15.2. The summed E-state index contributed by atoms with van der Waals surface area (Å²) in [5.74, 6) is 1.44. The molecule has 0 fully saturated rings. The van der Waals surface area contributed by atoms with E-state index in [1.807, 2.05) is 12.1 Å². The summed E-state index contributed by atoms with van der Waals surface area (Å²) in [6.45, 7) is 2.88. The van der Waals surface area contributed by atoms with Crippen LogP contribution in [0.5, 0.6) is 11.5 Å². The van der Waals surface area contributed by atoms with Gasteiger partial charge < -0.3 is 14.8 Å². The molecule has 1 N–H and O–H groups in total. The monoisotopic (exact) mass is 349 g/mol. The van der Waals surface area contributed by atoms with Crippen LogP contribution in [0.1, 0.15) is 18.1 Å². The van der Waals surface area contributed by atoms with Gasteiger partial charge >= 0.3 is 0 Å². The standard InChI is InChI=1S/C17H20BrNO2/c1-4-12-5-7-14(8-6-12)19-11-13-9-15(18)17(21-3)16(10-13)20-2/h5-10,19H,4,11H2,1-3H3. The van der Waals surface area contributed by atoms with Gasteiger partial charge in [-0.3, -0.25) is 0 Å². The fraction of sp³-hybridized carbons (Fsp3) is 0.294. The summed E-state index contributed by atoms with van der Waals surface area (Å²) in [6, 6.07) is 12.5. The number of hydrogen-bond acceptors (Lipinski definition) is 3. The molecule has 2 aromatic rings. The maximum atomic E-state index is 5.36. The molecule has 0 saturated carbocycles. The maximum absolute atomic E-state index is 5.36. The highest BCUT2D eigenvalue weighted by molar-refractivity contribution is 9.10. The van der Waals surface area contributed by atoms with Crippen molar-refractivity contribution in [2.24, 2.45) is 0 Å². The van der Waals surface area contributed by atoms with Crippen LogP contribution in [0.25, 0.3) is 0 Å². The van der Waals surface area contributed by atoms with E-state index in [4.69, 9.17) is 9.47 Å². The summed E-state index contributed by atoms with van der Waals surface area (Å²) < 4.78 is 11.6. The predicted octanol–water partition coefficient (Wildman–Crippen LogP) is 4.64. The maximum Gasteiger partial charge on any atom is 0.174 e. The summed E-state index contributed by atoms with van der Waals surface area (Å²) >= 11 is 3.51. The third kappa shape index (κ3) is 3.91. The summed E-state index contributed by atoms with van der Waals surface area (Å²) in [6.07, 6.45) is 1.06. The third-order valence-electron chi connectivity index (χ3n) is 3.35. The van der Waals surface area contributed by atoms with Gasteiger partial charge in [0.25, 0.3) is 0 Å². The second-order valence-corrected chi connectivity index (χ2v) is 5.57. The fourth-order valence-electron chi connectivity index (χ4n) is 2.14. The first-order valence-corrected chi connectivity index (χ1v) is 7.70. The van der Waals surface area contributed by atoms with Crippen LogP contribution >= 0.6 is 15.9 Å². The summed E-state index contributed by atoms with van der Waals surface area (Å²) in [5.41, 5.74) is 3.58. The van der Waals surface area contributed by atoms with Gasteiger partial charge in [0.15, 0.2) is 11.5 Å². The number of aryl methyl sites for hydroxylation is 1. The van der Waals surface area contributed by atoms with Gasteiger partial charge in [-0.2, -0.15) is 0 Å². The third-order valence-corrected chi connectivity index (χ3v) is 3.94. The second-order valence-electron chi connectivity index (χ2n) is 4.72. The molecule has 0 radical (unpaired) electrons. The lowest BCUT2D eigenvalue weighted by Crippen LogP contribution is -2.01. The number of anilines is 1. The molecule has 0 unspecified atom stereocenters. The number of ether oxygens (including phenoxy) is 2. The summed E-state index contributed by atoms with van der Waals surface area (Å²) in [7, 11) is 3.28. The minimum atomic E-state index is 0.716. The first-order valence-electron chi connectivity index (χ1n) is 6.91. The molecule has 0 aromatic heterocycles. The molecule has 0 aliphatic heterocycles. The first-order chi connectivity index (χ1) is 10.2.